The second-order valence-electron chi connectivity index (χ2n) is 5.65. The van der Waals surface area contributed by atoms with E-state index in [9.17, 15) is 14.4 Å². The SMILES string of the molecule is CCOC(=O)c1ccccc1N1CC(C(=O)N(CC)CC)CC1=O. The van der Waals surface area contributed by atoms with Crippen molar-refractivity contribution in [2.24, 2.45) is 5.92 Å². The van der Waals surface area contributed by atoms with E-state index < -0.39 is 5.97 Å². The van der Waals surface area contributed by atoms with Crippen molar-refractivity contribution in [3.63, 3.8) is 0 Å². The van der Waals surface area contributed by atoms with Crippen molar-refractivity contribution >= 4 is 23.5 Å². The smallest absolute Gasteiger partial charge is 0.340 e. The number of anilines is 1. The molecule has 6 heteroatoms. The first kappa shape index (κ1) is 18.0. The third kappa shape index (κ3) is 3.58. The zero-order valence-electron chi connectivity index (χ0n) is 14.4. The molecule has 1 aliphatic heterocycles. The summed E-state index contributed by atoms with van der Waals surface area (Å²) in [7, 11) is 0. The summed E-state index contributed by atoms with van der Waals surface area (Å²) >= 11 is 0. The molecule has 0 saturated carbocycles. The Morgan fingerprint density at radius 1 is 1.21 bits per heavy atom. The quantitative estimate of drug-likeness (QED) is 0.748. The van der Waals surface area contributed by atoms with Crippen LogP contribution in [0.25, 0.3) is 0 Å². The standard InChI is InChI=1S/C18H24N2O4/c1-4-19(5-2)17(22)13-11-16(21)20(12-13)15-10-8-7-9-14(15)18(23)24-6-3/h7-10,13H,4-6,11-12H2,1-3H3. The minimum Gasteiger partial charge on any atom is -0.462 e. The summed E-state index contributed by atoms with van der Waals surface area (Å²) in [6.45, 7) is 7.39. The van der Waals surface area contributed by atoms with Crippen molar-refractivity contribution < 1.29 is 19.1 Å². The average molecular weight is 332 g/mol. The first-order valence-electron chi connectivity index (χ1n) is 8.38. The summed E-state index contributed by atoms with van der Waals surface area (Å²) in [6.07, 6.45) is 0.173. The Labute approximate surface area is 142 Å². The van der Waals surface area contributed by atoms with E-state index in [0.29, 0.717) is 30.9 Å². The number of para-hydroxylation sites is 1. The van der Waals surface area contributed by atoms with Crippen LogP contribution in [-0.4, -0.2) is 48.9 Å². The number of amides is 2. The Kier molecular flexibility index (Phi) is 5.95. The van der Waals surface area contributed by atoms with Gasteiger partial charge in [-0.05, 0) is 32.9 Å². The van der Waals surface area contributed by atoms with Gasteiger partial charge >= 0.3 is 5.97 Å². The molecule has 1 aromatic rings. The molecule has 1 aliphatic rings. The lowest BCUT2D eigenvalue weighted by Gasteiger charge is -2.23. The second-order valence-corrected chi connectivity index (χ2v) is 5.65. The average Bonchev–Trinajstić information content (AvgIpc) is 2.97. The molecule has 1 atom stereocenters. The third-order valence-corrected chi connectivity index (χ3v) is 4.24. The van der Waals surface area contributed by atoms with E-state index in [1.54, 1.807) is 36.1 Å². The zero-order valence-corrected chi connectivity index (χ0v) is 14.4. The van der Waals surface area contributed by atoms with Gasteiger partial charge < -0.3 is 14.5 Å². The molecule has 2 rings (SSSR count). The van der Waals surface area contributed by atoms with Crippen molar-refractivity contribution in [3.8, 4) is 0 Å². The Bertz CT molecular complexity index is 625. The van der Waals surface area contributed by atoms with Crippen LogP contribution in [0.1, 0.15) is 37.6 Å². The molecule has 1 fully saturated rings. The van der Waals surface area contributed by atoms with E-state index in [0.717, 1.165) is 0 Å². The molecule has 0 bridgehead atoms. The van der Waals surface area contributed by atoms with Crippen LogP contribution in [0, 0.1) is 5.92 Å². The van der Waals surface area contributed by atoms with E-state index in [1.807, 2.05) is 13.8 Å². The van der Waals surface area contributed by atoms with Crippen molar-refractivity contribution in [2.75, 3.05) is 31.1 Å². The van der Waals surface area contributed by atoms with Gasteiger partial charge in [-0.2, -0.15) is 0 Å². The third-order valence-electron chi connectivity index (χ3n) is 4.24. The number of benzene rings is 1. The Morgan fingerprint density at radius 3 is 2.50 bits per heavy atom. The van der Waals surface area contributed by atoms with Crippen LogP contribution in [0.4, 0.5) is 5.69 Å². The van der Waals surface area contributed by atoms with Crippen LogP contribution in [0.15, 0.2) is 24.3 Å². The fourth-order valence-electron chi connectivity index (χ4n) is 2.99. The predicted molar refractivity (Wildman–Crippen MR) is 90.8 cm³/mol. The normalized spacial score (nSPS) is 17.0. The molecule has 1 saturated heterocycles. The molecule has 24 heavy (non-hydrogen) atoms. The predicted octanol–water partition coefficient (Wildman–Crippen LogP) is 2.08. The number of hydrogen-bond donors (Lipinski definition) is 0. The first-order valence-corrected chi connectivity index (χ1v) is 8.38. The van der Waals surface area contributed by atoms with Gasteiger partial charge in [0.1, 0.15) is 0 Å². The zero-order chi connectivity index (χ0) is 17.7. The molecule has 6 nitrogen and oxygen atoms in total. The minimum absolute atomic E-state index is 0.00975. The summed E-state index contributed by atoms with van der Waals surface area (Å²) in [4.78, 5) is 40.3. The van der Waals surface area contributed by atoms with E-state index in [-0.39, 0.29) is 30.8 Å². The van der Waals surface area contributed by atoms with Gasteiger partial charge in [-0.3, -0.25) is 9.59 Å². The largest absolute Gasteiger partial charge is 0.462 e. The van der Waals surface area contributed by atoms with Crippen molar-refractivity contribution in [1.29, 1.82) is 0 Å². The highest BCUT2D eigenvalue weighted by Gasteiger charge is 2.37. The molecule has 0 spiro atoms. The topological polar surface area (TPSA) is 66.9 Å². The van der Waals surface area contributed by atoms with Gasteiger partial charge in [-0.15, -0.1) is 0 Å². The van der Waals surface area contributed by atoms with Crippen LogP contribution in [0.3, 0.4) is 0 Å². The van der Waals surface area contributed by atoms with E-state index in [4.69, 9.17) is 4.74 Å². The van der Waals surface area contributed by atoms with Gasteiger partial charge in [0, 0.05) is 26.1 Å². The maximum atomic E-state index is 12.5. The molecule has 0 N–H and O–H groups in total. The molecule has 0 radical (unpaired) electrons. The maximum absolute atomic E-state index is 12.5. The van der Waals surface area contributed by atoms with Crippen molar-refractivity contribution in [1.82, 2.24) is 4.90 Å². The van der Waals surface area contributed by atoms with Crippen LogP contribution < -0.4 is 4.90 Å². The van der Waals surface area contributed by atoms with E-state index >= 15 is 0 Å². The lowest BCUT2D eigenvalue weighted by Crippen LogP contribution is -2.37. The van der Waals surface area contributed by atoms with Gasteiger partial charge in [-0.25, -0.2) is 4.79 Å². The monoisotopic (exact) mass is 332 g/mol. The Hall–Kier alpha value is -2.37. The minimum atomic E-state index is -0.459. The number of ether oxygens (including phenoxy) is 1. The van der Waals surface area contributed by atoms with E-state index in [2.05, 4.69) is 0 Å². The van der Waals surface area contributed by atoms with Crippen LogP contribution in [-0.2, 0) is 14.3 Å². The summed E-state index contributed by atoms with van der Waals surface area (Å²) < 4.78 is 5.06. The fourth-order valence-corrected chi connectivity index (χ4v) is 2.99. The first-order chi connectivity index (χ1) is 11.5. The molecular weight excluding hydrogens is 308 g/mol. The number of carbonyl (C=O) groups excluding carboxylic acids is 3. The van der Waals surface area contributed by atoms with Crippen LogP contribution >= 0.6 is 0 Å². The maximum Gasteiger partial charge on any atom is 0.340 e. The number of rotatable bonds is 6. The van der Waals surface area contributed by atoms with Crippen LogP contribution in [0.5, 0.6) is 0 Å². The molecule has 1 heterocycles. The lowest BCUT2D eigenvalue weighted by molar-refractivity contribution is -0.135. The van der Waals surface area contributed by atoms with Gasteiger partial charge in [0.05, 0.1) is 23.8 Å². The number of hydrogen-bond acceptors (Lipinski definition) is 4. The van der Waals surface area contributed by atoms with Gasteiger partial charge in [0.15, 0.2) is 0 Å². The molecule has 0 aromatic heterocycles. The van der Waals surface area contributed by atoms with Gasteiger partial charge in [-0.1, -0.05) is 12.1 Å². The highest BCUT2D eigenvalue weighted by atomic mass is 16.5. The summed E-state index contributed by atoms with van der Waals surface area (Å²) in [5.74, 6) is -0.978. The molecular formula is C18H24N2O4. The Morgan fingerprint density at radius 2 is 1.88 bits per heavy atom. The van der Waals surface area contributed by atoms with Crippen LogP contribution in [0.2, 0.25) is 0 Å². The summed E-state index contributed by atoms with van der Waals surface area (Å²) in [5.41, 5.74) is 0.861. The summed E-state index contributed by atoms with van der Waals surface area (Å²) in [6, 6.07) is 6.86. The Balaban J connectivity index is 2.24. The number of esters is 1. The molecule has 1 unspecified atom stereocenters. The molecule has 2 amide bonds. The lowest BCUT2D eigenvalue weighted by atomic mass is 10.1. The van der Waals surface area contributed by atoms with Crippen molar-refractivity contribution in [2.45, 2.75) is 27.2 Å². The number of nitrogens with zero attached hydrogens (tertiary/aromatic N) is 2. The highest BCUT2D eigenvalue weighted by molar-refractivity contribution is 6.05. The van der Waals surface area contributed by atoms with E-state index in [1.165, 1.54) is 4.90 Å². The molecule has 0 aliphatic carbocycles. The fraction of sp³-hybridized carbons (Fsp3) is 0.500. The van der Waals surface area contributed by atoms with Gasteiger partial charge in [0.2, 0.25) is 11.8 Å². The van der Waals surface area contributed by atoms with Gasteiger partial charge in [0.25, 0.3) is 0 Å². The molecule has 1 aromatic carbocycles. The number of carbonyl (C=O) groups is 3. The van der Waals surface area contributed by atoms with Crippen molar-refractivity contribution in [3.05, 3.63) is 29.8 Å². The highest BCUT2D eigenvalue weighted by Crippen LogP contribution is 2.29. The second kappa shape index (κ2) is 7.95. The molecule has 130 valence electrons. The summed E-state index contributed by atoms with van der Waals surface area (Å²) in [5, 5.41) is 0.